The van der Waals surface area contributed by atoms with Crippen molar-refractivity contribution in [1.82, 2.24) is 15.1 Å². The minimum atomic E-state index is -0.271. The maximum absolute atomic E-state index is 9.64. The highest BCUT2D eigenvalue weighted by Gasteiger charge is 2.32. The van der Waals surface area contributed by atoms with Gasteiger partial charge in [0.1, 0.15) is 0 Å². The zero-order valence-electron chi connectivity index (χ0n) is 12.4. The maximum Gasteiger partial charge on any atom is 0.257 e. The second-order valence-corrected chi connectivity index (χ2v) is 6.67. The normalized spacial score (nSPS) is 22.5. The minimum Gasteiger partial charge on any atom is -0.418 e. The Bertz CT molecular complexity index is 567. The van der Waals surface area contributed by atoms with Crippen LogP contribution < -0.4 is 0 Å². The van der Waals surface area contributed by atoms with E-state index in [9.17, 15) is 5.11 Å². The second kappa shape index (κ2) is 6.25. The molecule has 5 nitrogen and oxygen atoms in total. The van der Waals surface area contributed by atoms with Crippen LogP contribution in [0.4, 0.5) is 0 Å². The summed E-state index contributed by atoms with van der Waals surface area (Å²) in [5, 5.41) is 20.0. The molecule has 1 N–H and O–H groups in total. The van der Waals surface area contributed by atoms with Gasteiger partial charge in [-0.25, -0.2) is 0 Å². The molecule has 0 aromatic carbocycles. The van der Waals surface area contributed by atoms with Crippen molar-refractivity contribution < 1.29 is 9.52 Å². The number of hydrogen-bond acceptors (Lipinski definition) is 6. The van der Waals surface area contributed by atoms with Crippen LogP contribution in [0.2, 0.25) is 0 Å². The zero-order valence-corrected chi connectivity index (χ0v) is 13.2. The first-order valence-corrected chi connectivity index (χ1v) is 8.34. The molecule has 1 fully saturated rings. The van der Waals surface area contributed by atoms with Crippen LogP contribution in [0.1, 0.15) is 45.0 Å². The van der Waals surface area contributed by atoms with E-state index in [-0.39, 0.29) is 12.1 Å². The number of rotatable bonds is 5. The molecule has 0 bridgehead atoms. The largest absolute Gasteiger partial charge is 0.418 e. The highest BCUT2D eigenvalue weighted by molar-refractivity contribution is 7.13. The molecule has 3 atom stereocenters. The number of likely N-dealkylation sites (tertiary alicyclic amines) is 1. The minimum absolute atomic E-state index is 0.0949. The van der Waals surface area contributed by atoms with Crippen molar-refractivity contribution >= 4 is 11.3 Å². The Balaban J connectivity index is 1.74. The van der Waals surface area contributed by atoms with Crippen molar-refractivity contribution in [3.8, 4) is 10.8 Å². The fourth-order valence-electron chi connectivity index (χ4n) is 3.06. The molecule has 0 saturated carbocycles. The van der Waals surface area contributed by atoms with Crippen LogP contribution in [0.3, 0.4) is 0 Å². The average Bonchev–Trinajstić information content (AvgIpc) is 3.18. The van der Waals surface area contributed by atoms with Crippen LogP contribution in [0, 0.1) is 0 Å². The summed E-state index contributed by atoms with van der Waals surface area (Å²) in [5.41, 5.74) is 0. The van der Waals surface area contributed by atoms with Gasteiger partial charge >= 0.3 is 0 Å². The van der Waals surface area contributed by atoms with E-state index in [1.54, 1.807) is 11.3 Å². The molecule has 0 amide bonds. The number of thiophene rings is 1. The van der Waals surface area contributed by atoms with Crippen LogP contribution in [-0.4, -0.2) is 38.9 Å². The summed E-state index contributed by atoms with van der Waals surface area (Å²) < 4.78 is 5.84. The van der Waals surface area contributed by atoms with Gasteiger partial charge in [-0.05, 0) is 51.1 Å². The van der Waals surface area contributed by atoms with Gasteiger partial charge in [-0.15, -0.1) is 21.5 Å². The molecular formula is C15H21N3O2S. The maximum atomic E-state index is 9.64. The third-order valence-electron chi connectivity index (χ3n) is 4.06. The van der Waals surface area contributed by atoms with Gasteiger partial charge in [-0.1, -0.05) is 6.07 Å². The molecular weight excluding hydrogens is 286 g/mol. The van der Waals surface area contributed by atoms with E-state index in [2.05, 4.69) is 22.0 Å². The van der Waals surface area contributed by atoms with E-state index in [0.717, 1.165) is 30.7 Å². The standard InChI is InChI=1S/C15H21N3O2S/c1-10(19)9-12-5-3-7-18(12)11(2)14-16-17-15(20-14)13-6-4-8-21-13/h4,6,8,10-12,19H,3,5,7,9H2,1-2H3. The smallest absolute Gasteiger partial charge is 0.257 e. The molecule has 6 heteroatoms. The van der Waals surface area contributed by atoms with Gasteiger partial charge in [-0.2, -0.15) is 0 Å². The van der Waals surface area contributed by atoms with Crippen LogP contribution in [0.5, 0.6) is 0 Å². The molecule has 3 unspecified atom stereocenters. The summed E-state index contributed by atoms with van der Waals surface area (Å²) in [6.45, 7) is 4.98. The van der Waals surface area contributed by atoms with E-state index in [0.29, 0.717) is 17.8 Å². The Hall–Kier alpha value is -1.24. The van der Waals surface area contributed by atoms with Gasteiger partial charge in [0.25, 0.3) is 5.89 Å². The Labute approximate surface area is 128 Å². The molecule has 1 aliphatic heterocycles. The van der Waals surface area contributed by atoms with E-state index in [1.807, 2.05) is 24.4 Å². The molecule has 114 valence electrons. The molecule has 3 rings (SSSR count). The summed E-state index contributed by atoms with van der Waals surface area (Å²) in [4.78, 5) is 3.38. The van der Waals surface area contributed by atoms with Crippen molar-refractivity contribution in [1.29, 1.82) is 0 Å². The monoisotopic (exact) mass is 307 g/mol. The number of aliphatic hydroxyl groups excluding tert-OH is 1. The third-order valence-corrected chi connectivity index (χ3v) is 4.92. The van der Waals surface area contributed by atoms with E-state index in [4.69, 9.17) is 4.42 Å². The quantitative estimate of drug-likeness (QED) is 0.919. The molecule has 0 radical (unpaired) electrons. The number of nitrogens with zero attached hydrogens (tertiary/aromatic N) is 3. The number of hydrogen-bond donors (Lipinski definition) is 1. The molecule has 21 heavy (non-hydrogen) atoms. The van der Waals surface area contributed by atoms with Crippen molar-refractivity contribution in [2.75, 3.05) is 6.54 Å². The van der Waals surface area contributed by atoms with Crippen molar-refractivity contribution in [3.63, 3.8) is 0 Å². The summed E-state index contributed by atoms with van der Waals surface area (Å²) in [7, 11) is 0. The highest BCUT2D eigenvalue weighted by atomic mass is 32.1. The van der Waals surface area contributed by atoms with Gasteiger partial charge in [0.15, 0.2) is 0 Å². The predicted molar refractivity (Wildman–Crippen MR) is 82.1 cm³/mol. The van der Waals surface area contributed by atoms with Gasteiger partial charge in [0.05, 0.1) is 17.0 Å². The first-order valence-electron chi connectivity index (χ1n) is 7.46. The fourth-order valence-corrected chi connectivity index (χ4v) is 3.70. The summed E-state index contributed by atoms with van der Waals surface area (Å²) in [6.07, 6.45) is 2.82. The molecule has 0 spiro atoms. The predicted octanol–water partition coefficient (Wildman–Crippen LogP) is 3.09. The number of aliphatic hydroxyl groups is 1. The molecule has 1 aliphatic rings. The second-order valence-electron chi connectivity index (χ2n) is 5.72. The van der Waals surface area contributed by atoms with Crippen LogP contribution in [0.15, 0.2) is 21.9 Å². The van der Waals surface area contributed by atoms with Gasteiger partial charge in [0, 0.05) is 6.04 Å². The first-order chi connectivity index (χ1) is 10.1. The molecule has 2 aromatic heterocycles. The summed E-state index contributed by atoms with van der Waals surface area (Å²) in [5.74, 6) is 1.26. The van der Waals surface area contributed by atoms with Gasteiger partial charge in [-0.3, -0.25) is 4.90 Å². The summed E-state index contributed by atoms with van der Waals surface area (Å²) >= 11 is 1.60. The Morgan fingerprint density at radius 2 is 2.33 bits per heavy atom. The zero-order chi connectivity index (χ0) is 14.8. The lowest BCUT2D eigenvalue weighted by Gasteiger charge is -2.29. The van der Waals surface area contributed by atoms with E-state index >= 15 is 0 Å². The van der Waals surface area contributed by atoms with Crippen molar-refractivity contribution in [2.24, 2.45) is 0 Å². The average molecular weight is 307 g/mol. The van der Waals surface area contributed by atoms with Crippen LogP contribution >= 0.6 is 11.3 Å². The molecule has 1 saturated heterocycles. The Kier molecular flexibility index (Phi) is 4.37. The Morgan fingerprint density at radius 1 is 1.48 bits per heavy atom. The molecule has 3 heterocycles. The van der Waals surface area contributed by atoms with Gasteiger partial charge < -0.3 is 9.52 Å². The topological polar surface area (TPSA) is 62.4 Å². The van der Waals surface area contributed by atoms with E-state index < -0.39 is 0 Å². The summed E-state index contributed by atoms with van der Waals surface area (Å²) in [6, 6.07) is 4.46. The number of aromatic nitrogens is 2. The fraction of sp³-hybridized carbons (Fsp3) is 0.600. The lowest BCUT2D eigenvalue weighted by Crippen LogP contribution is -2.34. The lowest BCUT2D eigenvalue weighted by molar-refractivity contribution is 0.105. The SMILES string of the molecule is CC(O)CC1CCCN1C(C)c1nnc(-c2cccs2)o1. The van der Waals surface area contributed by atoms with Crippen molar-refractivity contribution in [2.45, 2.75) is 51.3 Å². The molecule has 2 aromatic rings. The van der Waals surface area contributed by atoms with Crippen molar-refractivity contribution in [3.05, 3.63) is 23.4 Å². The highest BCUT2D eigenvalue weighted by Crippen LogP contribution is 2.32. The van der Waals surface area contributed by atoms with Gasteiger partial charge in [0.2, 0.25) is 5.89 Å². The Morgan fingerprint density at radius 3 is 3.05 bits per heavy atom. The van der Waals surface area contributed by atoms with E-state index in [1.165, 1.54) is 0 Å². The van der Waals surface area contributed by atoms with Crippen LogP contribution in [0.25, 0.3) is 10.8 Å². The molecule has 0 aliphatic carbocycles. The van der Waals surface area contributed by atoms with Crippen LogP contribution in [-0.2, 0) is 0 Å². The third kappa shape index (κ3) is 3.17. The lowest BCUT2D eigenvalue weighted by atomic mass is 10.1. The first kappa shape index (κ1) is 14.7.